The second-order valence-corrected chi connectivity index (χ2v) is 7.57. The summed E-state index contributed by atoms with van der Waals surface area (Å²) in [6.45, 7) is 7.95. The molecule has 0 spiro atoms. The molecule has 22 heavy (non-hydrogen) atoms. The largest absolute Gasteiger partial charge is 0.356 e. The highest BCUT2D eigenvalue weighted by atomic mass is 32.1. The maximum atomic E-state index is 12.9. The first-order chi connectivity index (χ1) is 10.6. The molecule has 2 aromatic rings. The summed E-state index contributed by atoms with van der Waals surface area (Å²) >= 11 is 1.72. The van der Waals surface area contributed by atoms with Crippen LogP contribution in [0.1, 0.15) is 50.5 Å². The molecule has 0 saturated carbocycles. The van der Waals surface area contributed by atoms with E-state index in [2.05, 4.69) is 19.2 Å². The summed E-state index contributed by atoms with van der Waals surface area (Å²) in [5, 5.41) is 4.25. The highest BCUT2D eigenvalue weighted by molar-refractivity contribution is 7.18. The molecule has 0 amide bonds. The van der Waals surface area contributed by atoms with Gasteiger partial charge in [0.05, 0.1) is 5.39 Å². The van der Waals surface area contributed by atoms with Gasteiger partial charge in [-0.3, -0.25) is 9.36 Å². The van der Waals surface area contributed by atoms with Gasteiger partial charge in [-0.15, -0.1) is 11.3 Å². The molecule has 1 aliphatic carbocycles. The van der Waals surface area contributed by atoms with Crippen LogP contribution in [0.5, 0.6) is 0 Å². The third kappa shape index (κ3) is 2.78. The van der Waals surface area contributed by atoms with E-state index in [0.29, 0.717) is 12.5 Å². The molecule has 1 aliphatic rings. The summed E-state index contributed by atoms with van der Waals surface area (Å²) in [6.07, 6.45) is 5.66. The Morgan fingerprint density at radius 3 is 2.82 bits per heavy atom. The number of thiophene rings is 1. The van der Waals surface area contributed by atoms with Crippen molar-refractivity contribution in [3.05, 3.63) is 20.8 Å². The third-order valence-electron chi connectivity index (χ3n) is 4.40. The summed E-state index contributed by atoms with van der Waals surface area (Å²) in [5.74, 6) is 1.38. The SMILES string of the molecule is CCn1c(NCCC(C)C)nc2sc3c(c2c1=O)CCCC3. The van der Waals surface area contributed by atoms with Crippen molar-refractivity contribution in [3.8, 4) is 0 Å². The minimum Gasteiger partial charge on any atom is -0.356 e. The number of aryl methyl sites for hydroxylation is 2. The van der Waals surface area contributed by atoms with Gasteiger partial charge in [0.25, 0.3) is 5.56 Å². The lowest BCUT2D eigenvalue weighted by Crippen LogP contribution is -2.25. The first-order valence-corrected chi connectivity index (χ1v) is 9.22. The van der Waals surface area contributed by atoms with Crippen LogP contribution in [0.4, 0.5) is 5.95 Å². The zero-order valence-electron chi connectivity index (χ0n) is 13.7. The Balaban J connectivity index is 2.04. The number of nitrogens with one attached hydrogen (secondary N) is 1. The summed E-state index contributed by atoms with van der Waals surface area (Å²) in [5.41, 5.74) is 1.42. The van der Waals surface area contributed by atoms with E-state index < -0.39 is 0 Å². The molecule has 0 aliphatic heterocycles. The van der Waals surface area contributed by atoms with Crippen molar-refractivity contribution in [2.24, 2.45) is 5.92 Å². The van der Waals surface area contributed by atoms with Gasteiger partial charge in [0, 0.05) is 18.0 Å². The van der Waals surface area contributed by atoms with E-state index in [0.717, 1.165) is 42.0 Å². The lowest BCUT2D eigenvalue weighted by atomic mass is 9.97. The molecule has 0 unspecified atom stereocenters. The Morgan fingerprint density at radius 2 is 2.09 bits per heavy atom. The van der Waals surface area contributed by atoms with Crippen molar-refractivity contribution in [3.63, 3.8) is 0 Å². The number of fused-ring (bicyclic) bond motifs is 3. The first kappa shape index (κ1) is 15.5. The molecule has 1 N–H and O–H groups in total. The Kier molecular flexibility index (Phi) is 4.52. The number of anilines is 1. The minimum atomic E-state index is 0.138. The molecule has 5 heteroatoms. The highest BCUT2D eigenvalue weighted by Gasteiger charge is 2.21. The van der Waals surface area contributed by atoms with Gasteiger partial charge in [0.1, 0.15) is 4.83 Å². The predicted octanol–water partition coefficient (Wildman–Crippen LogP) is 3.81. The Hall–Kier alpha value is -1.36. The van der Waals surface area contributed by atoms with Crippen LogP contribution in [-0.4, -0.2) is 16.1 Å². The summed E-state index contributed by atoms with van der Waals surface area (Å²) < 4.78 is 1.80. The van der Waals surface area contributed by atoms with Crippen LogP contribution in [0, 0.1) is 5.92 Å². The van der Waals surface area contributed by atoms with E-state index >= 15 is 0 Å². The number of rotatable bonds is 5. The lowest BCUT2D eigenvalue weighted by Gasteiger charge is -2.14. The van der Waals surface area contributed by atoms with Crippen molar-refractivity contribution < 1.29 is 0 Å². The van der Waals surface area contributed by atoms with Gasteiger partial charge >= 0.3 is 0 Å². The van der Waals surface area contributed by atoms with Crippen LogP contribution in [0.15, 0.2) is 4.79 Å². The normalized spacial score (nSPS) is 14.5. The van der Waals surface area contributed by atoms with E-state index in [-0.39, 0.29) is 5.56 Å². The average molecular weight is 319 g/mol. The highest BCUT2D eigenvalue weighted by Crippen LogP contribution is 2.34. The molecule has 0 atom stereocenters. The number of nitrogens with zero attached hydrogens (tertiary/aromatic N) is 2. The van der Waals surface area contributed by atoms with Gasteiger partial charge in [-0.25, -0.2) is 4.98 Å². The van der Waals surface area contributed by atoms with Crippen molar-refractivity contribution in [2.45, 2.75) is 59.4 Å². The summed E-state index contributed by atoms with van der Waals surface area (Å²) in [4.78, 5) is 20.0. The van der Waals surface area contributed by atoms with Gasteiger partial charge < -0.3 is 5.32 Å². The molecule has 120 valence electrons. The molecular formula is C17H25N3OS. The monoisotopic (exact) mass is 319 g/mol. The van der Waals surface area contributed by atoms with Gasteiger partial charge in [-0.2, -0.15) is 0 Å². The number of aromatic nitrogens is 2. The van der Waals surface area contributed by atoms with Crippen LogP contribution in [0.2, 0.25) is 0 Å². The fourth-order valence-corrected chi connectivity index (χ4v) is 4.39. The van der Waals surface area contributed by atoms with Crippen LogP contribution in [-0.2, 0) is 19.4 Å². The molecule has 3 rings (SSSR count). The molecule has 2 aromatic heterocycles. The van der Waals surface area contributed by atoms with Gasteiger partial charge in [0.15, 0.2) is 0 Å². The van der Waals surface area contributed by atoms with E-state index in [1.165, 1.54) is 23.3 Å². The van der Waals surface area contributed by atoms with Crippen LogP contribution < -0.4 is 10.9 Å². The smallest absolute Gasteiger partial charge is 0.263 e. The Labute approximate surface area is 135 Å². The molecule has 0 radical (unpaired) electrons. The molecule has 0 aromatic carbocycles. The van der Waals surface area contributed by atoms with Crippen molar-refractivity contribution in [2.75, 3.05) is 11.9 Å². The molecule has 0 saturated heterocycles. The molecule has 0 fully saturated rings. The van der Waals surface area contributed by atoms with Crippen LogP contribution >= 0.6 is 11.3 Å². The first-order valence-electron chi connectivity index (χ1n) is 8.40. The van der Waals surface area contributed by atoms with Gasteiger partial charge in [0.2, 0.25) is 5.95 Å². The van der Waals surface area contributed by atoms with E-state index in [1.54, 1.807) is 15.9 Å². The van der Waals surface area contributed by atoms with Gasteiger partial charge in [-0.1, -0.05) is 13.8 Å². The van der Waals surface area contributed by atoms with Gasteiger partial charge in [-0.05, 0) is 50.5 Å². The van der Waals surface area contributed by atoms with Crippen molar-refractivity contribution >= 4 is 27.5 Å². The second-order valence-electron chi connectivity index (χ2n) is 6.49. The van der Waals surface area contributed by atoms with E-state index in [4.69, 9.17) is 4.98 Å². The molecule has 4 nitrogen and oxygen atoms in total. The zero-order chi connectivity index (χ0) is 15.7. The van der Waals surface area contributed by atoms with Crippen molar-refractivity contribution in [1.82, 2.24) is 9.55 Å². The fourth-order valence-electron chi connectivity index (χ4n) is 3.14. The van der Waals surface area contributed by atoms with Crippen LogP contribution in [0.25, 0.3) is 10.2 Å². The predicted molar refractivity (Wildman–Crippen MR) is 94.1 cm³/mol. The zero-order valence-corrected chi connectivity index (χ0v) is 14.6. The number of hydrogen-bond acceptors (Lipinski definition) is 4. The van der Waals surface area contributed by atoms with Crippen LogP contribution in [0.3, 0.4) is 0 Å². The maximum absolute atomic E-state index is 12.9. The second kappa shape index (κ2) is 6.41. The third-order valence-corrected chi connectivity index (χ3v) is 5.58. The Morgan fingerprint density at radius 1 is 1.32 bits per heavy atom. The maximum Gasteiger partial charge on any atom is 0.263 e. The summed E-state index contributed by atoms with van der Waals surface area (Å²) in [7, 11) is 0. The van der Waals surface area contributed by atoms with Crippen molar-refractivity contribution in [1.29, 1.82) is 0 Å². The van der Waals surface area contributed by atoms with E-state index in [1.807, 2.05) is 6.92 Å². The average Bonchev–Trinajstić information content (AvgIpc) is 2.85. The quantitative estimate of drug-likeness (QED) is 0.911. The number of hydrogen-bond donors (Lipinski definition) is 1. The fraction of sp³-hybridized carbons (Fsp3) is 0.647. The Bertz CT molecular complexity index is 730. The topological polar surface area (TPSA) is 46.9 Å². The summed E-state index contributed by atoms with van der Waals surface area (Å²) in [6, 6.07) is 0. The molecular weight excluding hydrogens is 294 g/mol. The molecule has 2 heterocycles. The molecule has 0 bridgehead atoms. The van der Waals surface area contributed by atoms with E-state index in [9.17, 15) is 4.79 Å². The lowest BCUT2D eigenvalue weighted by molar-refractivity contribution is 0.602. The minimum absolute atomic E-state index is 0.138. The standard InChI is InChI=1S/C17H25N3OS/c1-4-20-16(21)14-12-7-5-6-8-13(12)22-15(14)19-17(20)18-10-9-11(2)3/h11H,4-10H2,1-3H3,(H,18,19).